The lowest BCUT2D eigenvalue weighted by molar-refractivity contribution is -0.113. The Morgan fingerprint density at radius 3 is 2.42 bits per heavy atom. The van der Waals surface area contributed by atoms with Crippen molar-refractivity contribution in [2.75, 3.05) is 16.8 Å². The van der Waals surface area contributed by atoms with E-state index in [1.165, 1.54) is 12.1 Å². The summed E-state index contributed by atoms with van der Waals surface area (Å²) in [4.78, 5) is 11.8. The normalized spacial score (nSPS) is 13.9. The van der Waals surface area contributed by atoms with Crippen LogP contribution in [0.5, 0.6) is 0 Å². The molecule has 2 unspecified atom stereocenters. The maximum absolute atomic E-state index is 11.8. The number of hydrogen-bond acceptors (Lipinski definition) is 3. The number of amides is 1. The van der Waals surface area contributed by atoms with Gasteiger partial charge in [-0.25, -0.2) is 0 Å². The lowest BCUT2D eigenvalue weighted by Gasteiger charge is -2.12. The van der Waals surface area contributed by atoms with Crippen LogP contribution in [-0.4, -0.2) is 21.1 Å². The molecule has 0 saturated carbocycles. The van der Waals surface area contributed by atoms with Gasteiger partial charge in [0, 0.05) is 21.7 Å². The molecule has 1 aromatic carbocycles. The monoisotopic (exact) mass is 322 g/mol. The number of rotatable bonds is 5. The van der Waals surface area contributed by atoms with E-state index in [9.17, 15) is 9.00 Å². The van der Waals surface area contributed by atoms with Crippen molar-refractivity contribution >= 4 is 51.3 Å². The summed E-state index contributed by atoms with van der Waals surface area (Å²) in [6, 6.07) is 2.99. The number of halogens is 2. The molecule has 0 aromatic heterocycles. The first-order valence-corrected chi connectivity index (χ1v) is 7.90. The van der Waals surface area contributed by atoms with Crippen LogP contribution in [0.25, 0.3) is 0 Å². The molecule has 3 N–H and O–H groups in total. The summed E-state index contributed by atoms with van der Waals surface area (Å²) < 4.78 is 11.8. The van der Waals surface area contributed by atoms with Crippen molar-refractivity contribution in [2.45, 2.75) is 25.5 Å². The van der Waals surface area contributed by atoms with Crippen molar-refractivity contribution in [2.24, 2.45) is 0 Å². The molecule has 106 valence electrons. The molecule has 0 bridgehead atoms. The quantitative estimate of drug-likeness (QED) is 0.818. The van der Waals surface area contributed by atoms with Crippen molar-refractivity contribution in [3.8, 4) is 0 Å². The van der Waals surface area contributed by atoms with Crippen LogP contribution in [0.15, 0.2) is 12.1 Å². The zero-order chi connectivity index (χ0) is 14.6. The number of nitrogens with two attached hydrogens (primary N) is 1. The molecule has 0 aliphatic heterocycles. The lowest BCUT2D eigenvalue weighted by atomic mass is 10.3. The summed E-state index contributed by atoms with van der Waals surface area (Å²) in [5, 5.41) is 3.05. The number of anilines is 2. The number of nitrogens with one attached hydrogen (secondary N) is 1. The maximum Gasteiger partial charge on any atom is 0.237 e. The molecule has 1 aromatic rings. The summed E-state index contributed by atoms with van der Waals surface area (Å²) in [6.07, 6.45) is 0.753. The Morgan fingerprint density at radius 2 is 1.95 bits per heavy atom. The number of nitrogen functional groups attached to an aromatic ring is 1. The Balaban J connectivity index is 2.76. The largest absolute Gasteiger partial charge is 0.399 e. The summed E-state index contributed by atoms with van der Waals surface area (Å²) in [5.41, 5.74) is 6.28. The molecule has 0 radical (unpaired) electrons. The van der Waals surface area contributed by atoms with E-state index in [2.05, 4.69) is 5.32 Å². The molecular weight excluding hydrogens is 307 g/mol. The highest BCUT2D eigenvalue weighted by molar-refractivity contribution is 7.86. The van der Waals surface area contributed by atoms with Crippen molar-refractivity contribution in [1.29, 1.82) is 0 Å². The highest BCUT2D eigenvalue weighted by Crippen LogP contribution is 2.32. The molecule has 0 heterocycles. The Bertz CT molecular complexity index is 485. The highest BCUT2D eigenvalue weighted by atomic mass is 35.5. The molecule has 4 nitrogen and oxygen atoms in total. The van der Waals surface area contributed by atoms with Gasteiger partial charge in [-0.2, -0.15) is 0 Å². The first kappa shape index (κ1) is 16.3. The molecule has 0 aliphatic carbocycles. The smallest absolute Gasteiger partial charge is 0.237 e. The minimum absolute atomic E-state index is 0.0249. The van der Waals surface area contributed by atoms with Crippen molar-refractivity contribution in [1.82, 2.24) is 0 Å². The van der Waals surface area contributed by atoms with Gasteiger partial charge in [-0.3, -0.25) is 9.00 Å². The standard InChI is InChI=1S/C12H16Cl2N2O2S/c1-3-7(2)19(18)6-11(17)16-12-9(13)4-8(15)5-10(12)14/h4-5,7H,3,6,15H2,1-2H3,(H,16,17). The van der Waals surface area contributed by atoms with Crippen LogP contribution < -0.4 is 11.1 Å². The fourth-order valence-corrected chi connectivity index (χ4v) is 2.93. The van der Waals surface area contributed by atoms with E-state index in [1.807, 2.05) is 13.8 Å². The van der Waals surface area contributed by atoms with Gasteiger partial charge in [0.2, 0.25) is 5.91 Å². The van der Waals surface area contributed by atoms with Crippen LogP contribution in [-0.2, 0) is 15.6 Å². The molecule has 0 spiro atoms. The molecule has 0 fully saturated rings. The molecule has 0 aliphatic rings. The van der Waals surface area contributed by atoms with Gasteiger partial charge in [0.25, 0.3) is 0 Å². The van der Waals surface area contributed by atoms with E-state index < -0.39 is 10.8 Å². The van der Waals surface area contributed by atoms with Crippen LogP contribution >= 0.6 is 23.2 Å². The Hall–Kier alpha value is -0.780. The van der Waals surface area contributed by atoms with Gasteiger partial charge in [-0.15, -0.1) is 0 Å². The second-order valence-electron chi connectivity index (χ2n) is 4.15. The molecule has 1 amide bonds. The third-order valence-electron chi connectivity index (χ3n) is 2.63. The van der Waals surface area contributed by atoms with Gasteiger partial charge >= 0.3 is 0 Å². The fraction of sp³-hybridized carbons (Fsp3) is 0.417. The SMILES string of the molecule is CCC(C)S(=O)CC(=O)Nc1c(Cl)cc(N)cc1Cl. The summed E-state index contributed by atoms with van der Waals surface area (Å²) >= 11 is 11.9. The number of benzene rings is 1. The summed E-state index contributed by atoms with van der Waals surface area (Å²) in [7, 11) is -1.21. The minimum Gasteiger partial charge on any atom is -0.399 e. The molecular formula is C12H16Cl2N2O2S. The summed E-state index contributed by atoms with van der Waals surface area (Å²) in [6.45, 7) is 3.76. The predicted octanol–water partition coefficient (Wildman–Crippen LogP) is 3.06. The van der Waals surface area contributed by atoms with E-state index in [0.717, 1.165) is 6.42 Å². The average molecular weight is 323 g/mol. The van der Waals surface area contributed by atoms with Crippen LogP contribution in [0.2, 0.25) is 10.0 Å². The Kier molecular flexibility index (Phi) is 6.10. The summed E-state index contributed by atoms with van der Waals surface area (Å²) in [5.74, 6) is -0.460. The molecule has 1 rings (SSSR count). The van der Waals surface area contributed by atoms with Crippen LogP contribution in [0, 0.1) is 0 Å². The van der Waals surface area contributed by atoms with E-state index in [1.54, 1.807) is 0 Å². The number of hydrogen-bond donors (Lipinski definition) is 2. The number of carbonyl (C=O) groups excluding carboxylic acids is 1. The van der Waals surface area contributed by atoms with Crippen LogP contribution in [0.4, 0.5) is 11.4 Å². The van der Waals surface area contributed by atoms with E-state index >= 15 is 0 Å². The molecule has 7 heteroatoms. The van der Waals surface area contributed by atoms with Gasteiger partial charge < -0.3 is 11.1 Å². The minimum atomic E-state index is -1.21. The first-order chi connectivity index (χ1) is 8.85. The molecule has 2 atom stereocenters. The zero-order valence-electron chi connectivity index (χ0n) is 10.7. The van der Waals surface area contributed by atoms with E-state index in [0.29, 0.717) is 11.4 Å². The molecule has 0 saturated heterocycles. The Morgan fingerprint density at radius 1 is 1.42 bits per heavy atom. The number of carbonyl (C=O) groups is 1. The van der Waals surface area contributed by atoms with Crippen molar-refractivity contribution in [3.05, 3.63) is 22.2 Å². The van der Waals surface area contributed by atoms with Crippen LogP contribution in [0.1, 0.15) is 20.3 Å². The van der Waals surface area contributed by atoms with E-state index in [-0.39, 0.29) is 27.0 Å². The van der Waals surface area contributed by atoms with E-state index in [4.69, 9.17) is 28.9 Å². The second kappa shape index (κ2) is 7.12. The average Bonchev–Trinajstić information content (AvgIpc) is 2.32. The highest BCUT2D eigenvalue weighted by Gasteiger charge is 2.16. The third kappa shape index (κ3) is 4.67. The van der Waals surface area contributed by atoms with Crippen molar-refractivity contribution in [3.63, 3.8) is 0 Å². The van der Waals surface area contributed by atoms with Gasteiger partial charge in [-0.1, -0.05) is 37.0 Å². The first-order valence-electron chi connectivity index (χ1n) is 5.76. The van der Waals surface area contributed by atoms with Crippen molar-refractivity contribution < 1.29 is 9.00 Å². The third-order valence-corrected chi connectivity index (χ3v) is 5.00. The van der Waals surface area contributed by atoms with Gasteiger partial charge in [0.15, 0.2) is 0 Å². The predicted molar refractivity (Wildman–Crippen MR) is 82.3 cm³/mol. The fourth-order valence-electron chi connectivity index (χ4n) is 1.35. The zero-order valence-corrected chi connectivity index (χ0v) is 13.0. The lowest BCUT2D eigenvalue weighted by Crippen LogP contribution is -2.24. The van der Waals surface area contributed by atoms with Crippen LogP contribution in [0.3, 0.4) is 0 Å². The van der Waals surface area contributed by atoms with Gasteiger partial charge in [0.1, 0.15) is 5.75 Å². The van der Waals surface area contributed by atoms with Gasteiger partial charge in [0.05, 0.1) is 15.7 Å². The topological polar surface area (TPSA) is 72.2 Å². The molecule has 19 heavy (non-hydrogen) atoms. The second-order valence-corrected chi connectivity index (χ2v) is 6.82. The van der Waals surface area contributed by atoms with Gasteiger partial charge in [-0.05, 0) is 18.6 Å². The maximum atomic E-state index is 11.8. The Labute approximate surface area is 125 Å².